The van der Waals surface area contributed by atoms with E-state index >= 15 is 0 Å². The van der Waals surface area contributed by atoms with E-state index in [9.17, 15) is 4.79 Å². The van der Waals surface area contributed by atoms with Crippen LogP contribution < -0.4 is 11.3 Å². The van der Waals surface area contributed by atoms with Crippen LogP contribution in [0.3, 0.4) is 0 Å². The molecule has 0 aliphatic carbocycles. The molecule has 0 radical (unpaired) electrons. The van der Waals surface area contributed by atoms with Gasteiger partial charge in [-0.25, -0.2) is 5.84 Å². The minimum atomic E-state index is -0.428. The molecule has 54 valence electrons. The Hall–Kier alpha value is -0.610. The van der Waals surface area contributed by atoms with Crippen molar-refractivity contribution in [2.75, 3.05) is 0 Å². The molecule has 1 amide bonds. The molecule has 0 saturated carbocycles. The Kier molecular flexibility index (Phi) is 4.00. The smallest absolute Gasteiger partial charge is 0.233 e. The van der Waals surface area contributed by atoms with E-state index < -0.39 is 6.10 Å². The number of carbonyl (C=O) groups excluding carboxylic acids is 1. The lowest BCUT2D eigenvalue weighted by atomic mass is 10.2. The number of hydrogen-bond acceptors (Lipinski definition) is 3. The highest BCUT2D eigenvalue weighted by molar-refractivity contribution is 5.75. The number of aliphatic hydroxyl groups excluding tert-OH is 1. The normalized spacial score (nSPS) is 12.8. The number of hydrogen-bond donors (Lipinski definition) is 3. The molecule has 0 aromatic carbocycles. The summed E-state index contributed by atoms with van der Waals surface area (Å²) in [4.78, 5) is 10.4. The Morgan fingerprint density at radius 3 is 2.78 bits per heavy atom. The van der Waals surface area contributed by atoms with Crippen molar-refractivity contribution in [1.82, 2.24) is 5.43 Å². The number of amides is 1. The Labute approximate surface area is 54.0 Å². The minimum Gasteiger partial charge on any atom is -0.393 e. The zero-order valence-electron chi connectivity index (χ0n) is 5.42. The first-order valence-electron chi connectivity index (χ1n) is 2.84. The fourth-order valence-corrected chi connectivity index (χ4v) is 0.412. The van der Waals surface area contributed by atoms with Gasteiger partial charge in [0, 0.05) is 6.42 Å². The van der Waals surface area contributed by atoms with Crippen molar-refractivity contribution >= 4 is 5.91 Å². The average Bonchev–Trinajstić information content (AvgIpc) is 1.83. The van der Waals surface area contributed by atoms with E-state index in [1.807, 2.05) is 5.43 Å². The lowest BCUT2D eigenvalue weighted by molar-refractivity contribution is -0.121. The van der Waals surface area contributed by atoms with Crippen molar-refractivity contribution in [3.05, 3.63) is 0 Å². The van der Waals surface area contributed by atoms with Gasteiger partial charge in [0.05, 0.1) is 6.10 Å². The van der Waals surface area contributed by atoms with Gasteiger partial charge in [-0.1, -0.05) is 0 Å². The molecule has 0 rings (SSSR count). The molecule has 0 fully saturated rings. The van der Waals surface area contributed by atoms with Gasteiger partial charge in [-0.3, -0.25) is 10.2 Å². The van der Waals surface area contributed by atoms with Gasteiger partial charge >= 0.3 is 0 Å². The molecular weight excluding hydrogens is 120 g/mol. The Balaban J connectivity index is 3.17. The zero-order chi connectivity index (χ0) is 7.28. The van der Waals surface area contributed by atoms with Crippen LogP contribution in [0, 0.1) is 0 Å². The highest BCUT2D eigenvalue weighted by Gasteiger charge is 2.00. The molecule has 1 atom stereocenters. The van der Waals surface area contributed by atoms with Crippen molar-refractivity contribution in [3.8, 4) is 0 Å². The number of rotatable bonds is 3. The highest BCUT2D eigenvalue weighted by atomic mass is 16.3. The molecule has 0 aromatic rings. The first-order chi connectivity index (χ1) is 4.16. The fourth-order valence-electron chi connectivity index (χ4n) is 0.412. The summed E-state index contributed by atoms with van der Waals surface area (Å²) >= 11 is 0. The van der Waals surface area contributed by atoms with Gasteiger partial charge in [-0.2, -0.15) is 0 Å². The minimum absolute atomic E-state index is 0.240. The molecule has 0 bridgehead atoms. The summed E-state index contributed by atoms with van der Waals surface area (Å²) in [7, 11) is 0. The van der Waals surface area contributed by atoms with Gasteiger partial charge in [-0.05, 0) is 13.3 Å². The molecule has 0 heterocycles. The SMILES string of the molecule is CC(O)CCC(=O)NN. The van der Waals surface area contributed by atoms with Gasteiger partial charge in [0.1, 0.15) is 0 Å². The number of nitrogens with one attached hydrogen (secondary N) is 1. The molecule has 1 unspecified atom stereocenters. The van der Waals surface area contributed by atoms with Crippen molar-refractivity contribution in [1.29, 1.82) is 0 Å². The zero-order valence-corrected chi connectivity index (χ0v) is 5.42. The summed E-state index contributed by atoms with van der Waals surface area (Å²) in [6.07, 6.45) is 0.319. The summed E-state index contributed by atoms with van der Waals surface area (Å²) in [6.45, 7) is 1.63. The van der Waals surface area contributed by atoms with Gasteiger partial charge in [0.15, 0.2) is 0 Å². The summed E-state index contributed by atoms with van der Waals surface area (Å²) in [5, 5.41) is 8.68. The Morgan fingerprint density at radius 1 is 1.89 bits per heavy atom. The van der Waals surface area contributed by atoms with Crippen LogP contribution in [0.15, 0.2) is 0 Å². The van der Waals surface area contributed by atoms with E-state index in [0.29, 0.717) is 6.42 Å². The van der Waals surface area contributed by atoms with Crippen LogP contribution >= 0.6 is 0 Å². The predicted molar refractivity (Wildman–Crippen MR) is 33.2 cm³/mol. The number of aliphatic hydroxyl groups is 1. The molecular formula is C5H12N2O2. The first-order valence-corrected chi connectivity index (χ1v) is 2.84. The lowest BCUT2D eigenvalue weighted by Crippen LogP contribution is -2.30. The van der Waals surface area contributed by atoms with E-state index in [1.165, 1.54) is 0 Å². The monoisotopic (exact) mass is 132 g/mol. The maximum absolute atomic E-state index is 10.4. The van der Waals surface area contributed by atoms with Crippen LogP contribution in [0.25, 0.3) is 0 Å². The second kappa shape index (κ2) is 4.29. The Morgan fingerprint density at radius 2 is 2.44 bits per heavy atom. The molecule has 4 heteroatoms. The second-order valence-corrected chi connectivity index (χ2v) is 1.96. The van der Waals surface area contributed by atoms with Gasteiger partial charge in [0.2, 0.25) is 5.91 Å². The third kappa shape index (κ3) is 5.26. The van der Waals surface area contributed by atoms with Crippen LogP contribution in [0.1, 0.15) is 19.8 Å². The van der Waals surface area contributed by atoms with E-state index in [1.54, 1.807) is 6.92 Å². The summed E-state index contributed by atoms with van der Waals surface area (Å²) in [5.74, 6) is 4.54. The van der Waals surface area contributed by atoms with Crippen molar-refractivity contribution in [2.24, 2.45) is 5.84 Å². The average molecular weight is 132 g/mol. The van der Waals surface area contributed by atoms with Gasteiger partial charge in [0.25, 0.3) is 0 Å². The molecule has 4 N–H and O–H groups in total. The fraction of sp³-hybridized carbons (Fsp3) is 0.800. The number of hydrazine groups is 1. The van der Waals surface area contributed by atoms with Crippen LogP contribution in [-0.4, -0.2) is 17.1 Å². The van der Waals surface area contributed by atoms with E-state index in [-0.39, 0.29) is 12.3 Å². The van der Waals surface area contributed by atoms with Crippen LogP contribution in [0.5, 0.6) is 0 Å². The topological polar surface area (TPSA) is 75.3 Å². The largest absolute Gasteiger partial charge is 0.393 e. The maximum Gasteiger partial charge on any atom is 0.233 e. The van der Waals surface area contributed by atoms with Gasteiger partial charge < -0.3 is 5.11 Å². The quantitative estimate of drug-likeness (QED) is 0.265. The highest BCUT2D eigenvalue weighted by Crippen LogP contribution is 1.93. The summed E-state index contributed by atoms with van der Waals surface area (Å²) < 4.78 is 0. The first kappa shape index (κ1) is 8.39. The van der Waals surface area contributed by atoms with Crippen LogP contribution in [0.2, 0.25) is 0 Å². The molecule has 0 saturated heterocycles. The third-order valence-corrected chi connectivity index (χ3v) is 0.950. The van der Waals surface area contributed by atoms with Crippen molar-refractivity contribution in [3.63, 3.8) is 0 Å². The van der Waals surface area contributed by atoms with Crippen LogP contribution in [-0.2, 0) is 4.79 Å². The summed E-state index contributed by atoms with van der Waals surface area (Å²) in [5.41, 5.74) is 1.97. The predicted octanol–water partition coefficient (Wildman–Crippen LogP) is -0.863. The molecule has 0 spiro atoms. The van der Waals surface area contributed by atoms with Crippen molar-refractivity contribution in [2.45, 2.75) is 25.9 Å². The van der Waals surface area contributed by atoms with Crippen molar-refractivity contribution < 1.29 is 9.90 Å². The molecule has 0 aromatic heterocycles. The Bertz CT molecular complexity index is 93.0. The summed E-state index contributed by atoms with van der Waals surface area (Å²) in [6, 6.07) is 0. The molecule has 0 aliphatic heterocycles. The second-order valence-electron chi connectivity index (χ2n) is 1.96. The van der Waals surface area contributed by atoms with Crippen LogP contribution in [0.4, 0.5) is 0 Å². The number of carbonyl (C=O) groups is 1. The molecule has 0 aliphatic rings. The third-order valence-electron chi connectivity index (χ3n) is 0.950. The molecule has 4 nitrogen and oxygen atoms in total. The van der Waals surface area contributed by atoms with E-state index in [2.05, 4.69) is 0 Å². The lowest BCUT2D eigenvalue weighted by Gasteiger charge is -2.00. The van der Waals surface area contributed by atoms with E-state index in [4.69, 9.17) is 10.9 Å². The van der Waals surface area contributed by atoms with E-state index in [0.717, 1.165) is 0 Å². The standard InChI is InChI=1S/C5H12N2O2/c1-4(8)2-3-5(9)7-6/h4,8H,2-3,6H2,1H3,(H,7,9). The maximum atomic E-state index is 10.4. The number of nitrogens with two attached hydrogens (primary N) is 1. The van der Waals surface area contributed by atoms with Gasteiger partial charge in [-0.15, -0.1) is 0 Å². The molecule has 9 heavy (non-hydrogen) atoms.